The van der Waals surface area contributed by atoms with Crippen LogP contribution >= 0.6 is 11.8 Å². The van der Waals surface area contributed by atoms with Crippen molar-refractivity contribution in [3.05, 3.63) is 23.3 Å². The fourth-order valence-electron chi connectivity index (χ4n) is 9.41. The molecule has 0 amide bonds. The summed E-state index contributed by atoms with van der Waals surface area (Å²) in [5.41, 5.74) is 3.83. The molecule has 6 N–H and O–H groups in total. The van der Waals surface area contributed by atoms with E-state index in [1.54, 1.807) is 13.8 Å². The lowest BCUT2D eigenvalue weighted by Gasteiger charge is -2.59. The minimum atomic E-state index is -1.82. The van der Waals surface area contributed by atoms with Gasteiger partial charge >= 0.3 is 11.9 Å². The van der Waals surface area contributed by atoms with Crippen molar-refractivity contribution >= 4 is 29.5 Å². The van der Waals surface area contributed by atoms with Crippen molar-refractivity contribution in [2.75, 3.05) is 12.4 Å². The number of thioether (sulfide) groups is 1. The Morgan fingerprint density at radius 2 is 1.86 bits per heavy atom. The zero-order chi connectivity index (χ0) is 31.4. The number of carboxylic acid groups (broad SMARTS) is 1. The molecule has 42 heavy (non-hydrogen) atoms. The van der Waals surface area contributed by atoms with Crippen LogP contribution in [0, 0.1) is 40.4 Å². The van der Waals surface area contributed by atoms with E-state index in [1.165, 1.54) is 23.9 Å². The van der Waals surface area contributed by atoms with Crippen LogP contribution in [-0.2, 0) is 19.1 Å². The summed E-state index contributed by atoms with van der Waals surface area (Å²) in [6.07, 6.45) is 5.28. The fraction of sp³-hybridized carbons (Fsp3) is 0.781. The maximum atomic E-state index is 13.8. The summed E-state index contributed by atoms with van der Waals surface area (Å²) in [5, 5.41) is 41.7. The average Bonchev–Trinajstić information content (AvgIpc) is 3.29. The van der Waals surface area contributed by atoms with Crippen molar-refractivity contribution in [1.29, 1.82) is 0 Å². The highest BCUT2D eigenvalue weighted by Crippen LogP contribution is 2.65. The van der Waals surface area contributed by atoms with E-state index in [0.29, 0.717) is 24.3 Å². The molecule has 1 heterocycles. The predicted molar refractivity (Wildman–Crippen MR) is 160 cm³/mol. The zero-order valence-corrected chi connectivity index (χ0v) is 26.5. The van der Waals surface area contributed by atoms with E-state index in [2.05, 4.69) is 20.8 Å². The summed E-state index contributed by atoms with van der Waals surface area (Å²) in [6, 6.07) is -1.12. The topological polar surface area (TPSA) is 167 Å². The molecule has 236 valence electrons. The number of carboxylic acids is 1. The van der Waals surface area contributed by atoms with Crippen LogP contribution in [0.4, 0.5) is 0 Å². The Hall–Kier alpha value is -1.72. The van der Waals surface area contributed by atoms with Crippen molar-refractivity contribution in [1.82, 2.24) is 0 Å². The van der Waals surface area contributed by atoms with Gasteiger partial charge in [-0.05, 0) is 86.7 Å². The molecule has 2 fully saturated rings. The summed E-state index contributed by atoms with van der Waals surface area (Å²) in [7, 11) is 0. The van der Waals surface area contributed by atoms with Crippen LogP contribution in [0.3, 0.4) is 0 Å². The lowest BCUT2D eigenvalue weighted by atomic mass is 9.47. The minimum Gasteiger partial charge on any atom is -0.480 e. The maximum Gasteiger partial charge on any atom is 0.336 e. The molecule has 1 aliphatic heterocycles. The van der Waals surface area contributed by atoms with Gasteiger partial charge in [0.2, 0.25) is 0 Å². The van der Waals surface area contributed by atoms with Gasteiger partial charge in [-0.2, -0.15) is 11.8 Å². The van der Waals surface area contributed by atoms with Crippen LogP contribution in [-0.4, -0.2) is 79.6 Å². The lowest BCUT2D eigenvalue weighted by Crippen LogP contribution is -2.69. The van der Waals surface area contributed by atoms with Gasteiger partial charge in [-0.25, -0.2) is 4.79 Å². The molecule has 0 bridgehead atoms. The molecule has 2 saturated carbocycles. The van der Waals surface area contributed by atoms with Gasteiger partial charge in [0.1, 0.15) is 23.9 Å². The number of nitrogens with two attached hydrogens (primary N) is 1. The summed E-state index contributed by atoms with van der Waals surface area (Å²) < 4.78 is 5.83. The van der Waals surface area contributed by atoms with Gasteiger partial charge in [0.25, 0.3) is 0 Å². The van der Waals surface area contributed by atoms with E-state index in [9.17, 15) is 34.8 Å². The quantitative estimate of drug-likeness (QED) is 0.246. The van der Waals surface area contributed by atoms with Crippen LogP contribution in [0.25, 0.3) is 0 Å². The number of cyclic esters (lactones) is 1. The highest BCUT2D eigenvalue weighted by molar-refractivity contribution is 8.00. The molecule has 4 rings (SSSR count). The minimum absolute atomic E-state index is 0.0419. The standard InChI is InChI=1S/C32H49NO8S/c1-16-13-25(41-29(39)20(16)14-34)18(3)22-8-7-21-17(2)23(11-12-30(21,22)5)31(6)26(35)9-10-27(36)32(31,40)19(4)42-15-24(33)28(37)38/h9-10,17-19,21-25,27,34,36,40H,7-8,11-15,33H2,1-6H3,(H,37,38)/t17?,18-,19-,21?,22+,23?,24-,25+,27-,30-,31-,32-/m0/s1. The van der Waals surface area contributed by atoms with Gasteiger partial charge < -0.3 is 30.9 Å². The lowest BCUT2D eigenvalue weighted by molar-refractivity contribution is -0.191. The third-order valence-corrected chi connectivity index (χ3v) is 13.5. The molecule has 3 unspecified atom stereocenters. The average molecular weight is 608 g/mol. The summed E-state index contributed by atoms with van der Waals surface area (Å²) in [4.78, 5) is 37.7. The molecule has 9 nitrogen and oxygen atoms in total. The van der Waals surface area contributed by atoms with E-state index in [-0.39, 0.29) is 53.3 Å². The number of ether oxygens (including phenoxy) is 1. The molecule has 0 aromatic heterocycles. The molecule has 4 aliphatic rings. The van der Waals surface area contributed by atoms with E-state index < -0.39 is 40.4 Å². The Kier molecular flexibility index (Phi) is 9.47. The number of carbonyl (C=O) groups excluding carboxylic acids is 2. The van der Waals surface area contributed by atoms with Gasteiger partial charge in [-0.15, -0.1) is 0 Å². The van der Waals surface area contributed by atoms with E-state index in [0.717, 1.165) is 24.8 Å². The second-order valence-electron chi connectivity index (χ2n) is 13.8. The van der Waals surface area contributed by atoms with E-state index in [4.69, 9.17) is 10.5 Å². The molecule has 0 aromatic carbocycles. The van der Waals surface area contributed by atoms with Crippen molar-refractivity contribution < 1.29 is 39.5 Å². The summed E-state index contributed by atoms with van der Waals surface area (Å²) in [5.74, 6) is -1.20. The highest BCUT2D eigenvalue weighted by Gasteiger charge is 2.67. The van der Waals surface area contributed by atoms with Gasteiger partial charge in [0, 0.05) is 17.4 Å². The molecule has 0 saturated heterocycles. The Morgan fingerprint density at radius 3 is 2.45 bits per heavy atom. The van der Waals surface area contributed by atoms with Gasteiger partial charge in [0.05, 0.1) is 17.6 Å². The molecule has 3 aliphatic carbocycles. The number of ketones is 1. The number of aliphatic hydroxyl groups is 3. The molecule has 0 radical (unpaired) electrons. The molecule has 0 aromatic rings. The van der Waals surface area contributed by atoms with Crippen LogP contribution in [0.15, 0.2) is 23.3 Å². The molecule has 12 atom stereocenters. The van der Waals surface area contributed by atoms with Crippen molar-refractivity contribution in [2.45, 2.75) is 103 Å². The molecule has 0 spiro atoms. The molecule has 10 heteroatoms. The number of hydrogen-bond acceptors (Lipinski definition) is 9. The van der Waals surface area contributed by atoms with E-state index >= 15 is 0 Å². The van der Waals surface area contributed by atoms with Gasteiger partial charge in [-0.1, -0.05) is 33.3 Å². The second-order valence-corrected chi connectivity index (χ2v) is 15.2. The predicted octanol–water partition coefficient (Wildman–Crippen LogP) is 3.10. The van der Waals surface area contributed by atoms with Crippen molar-refractivity contribution in [3.8, 4) is 0 Å². The number of aliphatic carboxylic acids is 1. The van der Waals surface area contributed by atoms with Crippen LogP contribution in [0.5, 0.6) is 0 Å². The maximum absolute atomic E-state index is 13.8. The third kappa shape index (κ3) is 5.09. The van der Waals surface area contributed by atoms with Crippen LogP contribution in [0.2, 0.25) is 0 Å². The first-order valence-electron chi connectivity index (χ1n) is 15.3. The summed E-state index contributed by atoms with van der Waals surface area (Å²) in [6.45, 7) is 11.7. The number of aliphatic hydroxyl groups excluding tert-OH is 2. The number of carbonyl (C=O) groups is 3. The van der Waals surface area contributed by atoms with Gasteiger partial charge in [-0.3, -0.25) is 9.59 Å². The fourth-order valence-corrected chi connectivity index (χ4v) is 10.7. The first-order valence-corrected chi connectivity index (χ1v) is 16.3. The highest BCUT2D eigenvalue weighted by atomic mass is 32.2. The first-order chi connectivity index (χ1) is 19.5. The third-order valence-electron chi connectivity index (χ3n) is 12.1. The normalized spacial score (nSPS) is 42.6. The smallest absolute Gasteiger partial charge is 0.336 e. The molecular formula is C32H49NO8S. The number of rotatable bonds is 9. The van der Waals surface area contributed by atoms with Crippen molar-refractivity contribution in [3.63, 3.8) is 0 Å². The SMILES string of the molecule is CC1=C(CO)C(=O)O[C@@H]([C@@H](C)[C@H]2CCC3C(C)C([C@@]4(C)C(=O)C=C[C@H](O)[C@@]4(O)[C@H](C)SC[C@H](N)C(=O)O)CC[C@@]32C)C1. The largest absolute Gasteiger partial charge is 0.480 e. The van der Waals surface area contributed by atoms with E-state index in [1.807, 2.05) is 6.92 Å². The molecular weight excluding hydrogens is 558 g/mol. The summed E-state index contributed by atoms with van der Waals surface area (Å²) >= 11 is 1.17. The Morgan fingerprint density at radius 1 is 1.19 bits per heavy atom. The first kappa shape index (κ1) is 33.2. The number of fused-ring (bicyclic) bond motifs is 1. The zero-order valence-electron chi connectivity index (χ0n) is 25.7. The monoisotopic (exact) mass is 607 g/mol. The number of hydrogen-bond donors (Lipinski definition) is 5. The Bertz CT molecular complexity index is 1160. The van der Waals surface area contributed by atoms with Gasteiger partial charge in [0.15, 0.2) is 5.78 Å². The Labute approximate surface area is 253 Å². The number of allylic oxidation sites excluding steroid dienone is 1. The van der Waals surface area contributed by atoms with Crippen molar-refractivity contribution in [2.24, 2.45) is 46.2 Å². The van der Waals surface area contributed by atoms with Crippen LogP contribution < -0.4 is 5.73 Å². The second kappa shape index (κ2) is 12.0. The number of esters is 1. The van der Waals surface area contributed by atoms with Crippen LogP contribution in [0.1, 0.15) is 73.6 Å². The Balaban J connectivity index is 1.59.